The molecule has 0 aliphatic heterocycles. The van der Waals surface area contributed by atoms with Gasteiger partial charge in [-0.2, -0.15) is 0 Å². The van der Waals surface area contributed by atoms with Gasteiger partial charge in [0.2, 0.25) is 0 Å². The van der Waals surface area contributed by atoms with Gasteiger partial charge in [0.15, 0.2) is 0 Å². The topological polar surface area (TPSA) is 44.8 Å². The van der Waals surface area contributed by atoms with Crippen molar-refractivity contribution in [1.82, 2.24) is 0 Å². The predicted octanol–water partition coefficient (Wildman–Crippen LogP) is 1.95. The largest absolute Gasteiger partial charge is 0.459 e. The number of ether oxygens (including phenoxy) is 1. The van der Waals surface area contributed by atoms with Crippen LogP contribution in [0.15, 0.2) is 24.3 Å². The first-order valence-electron chi connectivity index (χ1n) is 5.73. The van der Waals surface area contributed by atoms with Crippen LogP contribution in [0.25, 0.3) is 0 Å². The van der Waals surface area contributed by atoms with Gasteiger partial charge in [0.25, 0.3) is 0 Å². The van der Waals surface area contributed by atoms with Gasteiger partial charge < -0.3 is 13.6 Å². The van der Waals surface area contributed by atoms with E-state index >= 15 is 0 Å². The molecule has 0 spiro atoms. The second kappa shape index (κ2) is 10.3. The Hall–Kier alpha value is -0.913. The molecule has 4 nitrogen and oxygen atoms in total. The molecule has 0 aromatic heterocycles. The number of esters is 1. The molecule has 0 aliphatic carbocycles. The van der Waals surface area contributed by atoms with Crippen LogP contribution in [-0.4, -0.2) is 35.6 Å². The molecule has 0 heterocycles. The summed E-state index contributed by atoms with van der Waals surface area (Å²) in [6.45, 7) is 3.86. The van der Waals surface area contributed by atoms with Crippen LogP contribution in [0.1, 0.15) is 20.3 Å². The lowest BCUT2D eigenvalue weighted by atomic mass is 10.3. The zero-order valence-electron chi connectivity index (χ0n) is 11.0. The van der Waals surface area contributed by atoms with E-state index in [1.165, 1.54) is 6.08 Å². The molecule has 0 amide bonds. The third kappa shape index (κ3) is 7.90. The predicted molar refractivity (Wildman–Crippen MR) is 70.1 cm³/mol. The van der Waals surface area contributed by atoms with E-state index in [-0.39, 0.29) is 12.1 Å². The quantitative estimate of drug-likeness (QED) is 0.289. The van der Waals surface area contributed by atoms with Gasteiger partial charge in [-0.15, -0.1) is 0 Å². The number of carbonyl (C=O) groups is 1. The van der Waals surface area contributed by atoms with Crippen molar-refractivity contribution in [3.8, 4) is 0 Å². The summed E-state index contributed by atoms with van der Waals surface area (Å²) in [5, 5.41) is 0. The zero-order chi connectivity index (χ0) is 13.1. The summed E-state index contributed by atoms with van der Waals surface area (Å²) >= 11 is 0. The minimum Gasteiger partial charge on any atom is -0.459 e. The van der Waals surface area contributed by atoms with Crippen molar-refractivity contribution < 1.29 is 18.4 Å². The van der Waals surface area contributed by atoms with Crippen LogP contribution >= 0.6 is 0 Å². The number of hydrogen-bond acceptors (Lipinski definition) is 4. The van der Waals surface area contributed by atoms with Crippen molar-refractivity contribution in [1.29, 1.82) is 0 Å². The molecule has 17 heavy (non-hydrogen) atoms. The Morgan fingerprint density at radius 3 is 2.41 bits per heavy atom. The molecule has 98 valence electrons. The fraction of sp³-hybridized carbons (Fsp3) is 0.583. The summed E-state index contributed by atoms with van der Waals surface area (Å²) in [4.78, 5) is 11.4. The Bertz CT molecular complexity index is 259. The summed E-state index contributed by atoms with van der Waals surface area (Å²) in [6, 6.07) is 0.673. The second-order valence-corrected chi connectivity index (χ2v) is 5.76. The maximum atomic E-state index is 11.4. The number of carbonyl (C=O) groups excluding carboxylic acids is 1. The van der Waals surface area contributed by atoms with Gasteiger partial charge in [0.05, 0.1) is 0 Å². The summed E-state index contributed by atoms with van der Waals surface area (Å²) in [5.41, 5.74) is 0. The highest BCUT2D eigenvalue weighted by molar-refractivity contribution is 6.44. The van der Waals surface area contributed by atoms with Crippen LogP contribution in [0.2, 0.25) is 6.04 Å². The van der Waals surface area contributed by atoms with Gasteiger partial charge in [-0.25, -0.2) is 4.79 Å². The summed E-state index contributed by atoms with van der Waals surface area (Å²) in [6.07, 6.45) is 7.34. The molecule has 1 atom stereocenters. The molecule has 0 aliphatic rings. The molecule has 0 rings (SSSR count). The maximum Gasteiger partial charge on any atom is 0.331 e. The van der Waals surface area contributed by atoms with Gasteiger partial charge in [-0.3, -0.25) is 0 Å². The number of allylic oxidation sites excluding steroid dienone is 3. The van der Waals surface area contributed by atoms with Crippen molar-refractivity contribution in [3.63, 3.8) is 0 Å². The van der Waals surface area contributed by atoms with Crippen molar-refractivity contribution in [2.75, 3.05) is 14.2 Å². The Morgan fingerprint density at radius 2 is 1.94 bits per heavy atom. The van der Waals surface area contributed by atoms with Gasteiger partial charge >= 0.3 is 15.3 Å². The Labute approximate surface area is 105 Å². The standard InChI is InChI=1S/C12H22O4Si/c1-5-7-8-9-12(13)16-11(6-2)10-17(14-3)15-4/h5,7-9,11,17H,6,10H2,1-4H3. The fourth-order valence-corrected chi connectivity index (χ4v) is 2.69. The first kappa shape index (κ1) is 16.1. The van der Waals surface area contributed by atoms with E-state index in [2.05, 4.69) is 0 Å². The van der Waals surface area contributed by atoms with Crippen LogP contribution in [0.5, 0.6) is 0 Å². The van der Waals surface area contributed by atoms with Crippen LogP contribution in [0.4, 0.5) is 0 Å². The van der Waals surface area contributed by atoms with Gasteiger partial charge in [0.1, 0.15) is 6.10 Å². The lowest BCUT2D eigenvalue weighted by Crippen LogP contribution is -2.28. The molecule has 0 fully saturated rings. The summed E-state index contributed by atoms with van der Waals surface area (Å²) in [5.74, 6) is -0.324. The first-order chi connectivity index (χ1) is 8.17. The maximum absolute atomic E-state index is 11.4. The number of hydrogen-bond donors (Lipinski definition) is 0. The fourth-order valence-electron chi connectivity index (χ4n) is 1.25. The van der Waals surface area contributed by atoms with Crippen LogP contribution < -0.4 is 0 Å². The Morgan fingerprint density at radius 1 is 1.29 bits per heavy atom. The van der Waals surface area contributed by atoms with Crippen molar-refractivity contribution in [2.45, 2.75) is 32.4 Å². The average Bonchev–Trinajstić information content (AvgIpc) is 2.34. The van der Waals surface area contributed by atoms with Crippen LogP contribution in [0.3, 0.4) is 0 Å². The van der Waals surface area contributed by atoms with Gasteiger partial charge in [-0.1, -0.05) is 25.2 Å². The first-order valence-corrected chi connectivity index (χ1v) is 7.49. The molecule has 0 saturated carbocycles. The highest BCUT2D eigenvalue weighted by atomic mass is 28.3. The zero-order valence-corrected chi connectivity index (χ0v) is 12.2. The molecular weight excluding hydrogens is 236 g/mol. The van der Waals surface area contributed by atoms with Crippen molar-refractivity contribution >= 4 is 15.3 Å². The highest BCUT2D eigenvalue weighted by Crippen LogP contribution is 2.09. The van der Waals surface area contributed by atoms with E-state index in [1.807, 2.05) is 19.9 Å². The molecular formula is C12H22O4Si. The third-order valence-corrected chi connectivity index (χ3v) is 4.22. The Kier molecular flexibility index (Phi) is 9.70. The van der Waals surface area contributed by atoms with Crippen molar-refractivity contribution in [3.05, 3.63) is 24.3 Å². The van der Waals surface area contributed by atoms with Gasteiger partial charge in [0, 0.05) is 26.3 Å². The molecule has 0 aromatic rings. The van der Waals surface area contributed by atoms with E-state index in [0.29, 0.717) is 6.04 Å². The molecule has 5 heteroatoms. The SMILES string of the molecule is CC=CC=CC(=O)OC(CC)C[SiH](OC)OC. The summed E-state index contributed by atoms with van der Waals surface area (Å²) < 4.78 is 15.7. The molecule has 1 unspecified atom stereocenters. The third-order valence-electron chi connectivity index (χ3n) is 2.26. The van der Waals surface area contributed by atoms with E-state index < -0.39 is 9.28 Å². The van der Waals surface area contributed by atoms with Crippen LogP contribution in [-0.2, 0) is 18.4 Å². The minimum absolute atomic E-state index is 0.130. The lowest BCUT2D eigenvalue weighted by Gasteiger charge is -2.18. The summed E-state index contributed by atoms with van der Waals surface area (Å²) in [7, 11) is 1.58. The highest BCUT2D eigenvalue weighted by Gasteiger charge is 2.19. The lowest BCUT2D eigenvalue weighted by molar-refractivity contribution is -0.142. The monoisotopic (exact) mass is 258 g/mol. The number of rotatable bonds is 8. The van der Waals surface area contributed by atoms with Gasteiger partial charge in [-0.05, 0) is 13.3 Å². The molecule has 0 aromatic carbocycles. The Balaban J connectivity index is 4.15. The van der Waals surface area contributed by atoms with E-state index in [9.17, 15) is 4.79 Å². The molecule has 0 bridgehead atoms. The van der Waals surface area contributed by atoms with E-state index in [1.54, 1.807) is 26.4 Å². The van der Waals surface area contributed by atoms with Crippen molar-refractivity contribution in [2.24, 2.45) is 0 Å². The van der Waals surface area contributed by atoms with E-state index in [4.69, 9.17) is 13.6 Å². The van der Waals surface area contributed by atoms with Crippen LogP contribution in [0, 0.1) is 0 Å². The molecule has 0 radical (unpaired) electrons. The normalized spacial score (nSPS) is 13.7. The van der Waals surface area contributed by atoms with E-state index in [0.717, 1.165) is 6.42 Å². The smallest absolute Gasteiger partial charge is 0.331 e. The molecule has 0 N–H and O–H groups in total. The molecule has 0 saturated heterocycles. The second-order valence-electron chi connectivity index (χ2n) is 3.49. The average molecular weight is 258 g/mol. The minimum atomic E-state index is -1.68.